The molecule has 0 unspecified atom stereocenters. The quantitative estimate of drug-likeness (QED) is 0.906. The van der Waals surface area contributed by atoms with Gasteiger partial charge in [-0.3, -0.25) is 19.6 Å². The van der Waals surface area contributed by atoms with Crippen molar-refractivity contribution >= 4 is 29.1 Å². The minimum Gasteiger partial charge on any atom is -0.348 e. The molecule has 0 bridgehead atoms. The molecular weight excluding hydrogens is 304 g/mol. The maximum atomic E-state index is 12.2. The molecule has 1 saturated carbocycles. The molecule has 3 rings (SSSR count). The Hall–Kier alpha value is -2.47. The Morgan fingerprint density at radius 2 is 2.00 bits per heavy atom. The Morgan fingerprint density at radius 1 is 1.18 bits per heavy atom. The Morgan fingerprint density at radius 3 is 2.73 bits per heavy atom. The van der Waals surface area contributed by atoms with Gasteiger partial charge >= 0.3 is 0 Å². The zero-order valence-electron chi connectivity index (χ0n) is 11.5. The van der Waals surface area contributed by atoms with Crippen LogP contribution in [0.5, 0.6) is 0 Å². The predicted molar refractivity (Wildman–Crippen MR) is 81.9 cm³/mol. The van der Waals surface area contributed by atoms with Crippen LogP contribution in [0, 0.1) is 0 Å². The van der Waals surface area contributed by atoms with E-state index < -0.39 is 0 Å². The number of halogens is 1. The maximum absolute atomic E-state index is 12.2. The summed E-state index contributed by atoms with van der Waals surface area (Å²) in [5.41, 5.74) is 0.961. The van der Waals surface area contributed by atoms with Crippen molar-refractivity contribution in [1.82, 2.24) is 15.3 Å². The van der Waals surface area contributed by atoms with Crippen molar-refractivity contribution in [3.05, 3.63) is 53.1 Å². The summed E-state index contributed by atoms with van der Waals surface area (Å²) < 4.78 is 0. The fourth-order valence-electron chi connectivity index (χ4n) is 1.85. The van der Waals surface area contributed by atoms with Crippen LogP contribution in [0.1, 0.15) is 33.7 Å². The Balaban J connectivity index is 1.75. The van der Waals surface area contributed by atoms with E-state index in [-0.39, 0.29) is 23.6 Å². The number of anilines is 1. The highest BCUT2D eigenvalue weighted by Crippen LogP contribution is 2.21. The van der Waals surface area contributed by atoms with Gasteiger partial charge in [0.05, 0.1) is 16.9 Å². The van der Waals surface area contributed by atoms with Crippen LogP contribution in [-0.2, 0) is 0 Å². The summed E-state index contributed by atoms with van der Waals surface area (Å²) in [6.07, 6.45) is 6.41. The van der Waals surface area contributed by atoms with Gasteiger partial charge in [-0.25, -0.2) is 0 Å². The zero-order chi connectivity index (χ0) is 15.5. The number of hydrogen-bond acceptors (Lipinski definition) is 4. The number of carbonyl (C=O) groups excluding carboxylic acids is 2. The summed E-state index contributed by atoms with van der Waals surface area (Å²) in [7, 11) is 0. The van der Waals surface area contributed by atoms with Crippen LogP contribution in [0.3, 0.4) is 0 Å². The third-order valence-corrected chi connectivity index (χ3v) is 3.51. The lowest BCUT2D eigenvalue weighted by Crippen LogP contribution is -2.26. The largest absolute Gasteiger partial charge is 0.348 e. The van der Waals surface area contributed by atoms with Gasteiger partial charge in [-0.05, 0) is 31.0 Å². The third-order valence-electron chi connectivity index (χ3n) is 3.18. The molecule has 0 saturated heterocycles. The van der Waals surface area contributed by atoms with Crippen LogP contribution in [0.15, 0.2) is 36.8 Å². The van der Waals surface area contributed by atoms with Crippen molar-refractivity contribution < 1.29 is 9.59 Å². The second-order valence-corrected chi connectivity index (χ2v) is 5.39. The number of pyridine rings is 2. The van der Waals surface area contributed by atoms with Crippen molar-refractivity contribution in [1.29, 1.82) is 0 Å². The van der Waals surface area contributed by atoms with Gasteiger partial charge in [0.1, 0.15) is 5.69 Å². The molecule has 0 aromatic carbocycles. The van der Waals surface area contributed by atoms with Gasteiger partial charge in [-0.1, -0.05) is 11.6 Å². The molecule has 6 nitrogen and oxygen atoms in total. The van der Waals surface area contributed by atoms with E-state index in [1.807, 2.05) is 0 Å². The van der Waals surface area contributed by atoms with E-state index in [9.17, 15) is 9.59 Å². The average molecular weight is 317 g/mol. The van der Waals surface area contributed by atoms with Crippen molar-refractivity contribution in [2.45, 2.75) is 18.9 Å². The molecule has 0 atom stereocenters. The minimum absolute atomic E-state index is 0.219. The number of amides is 2. The molecular formula is C15H13ClN4O2. The van der Waals surface area contributed by atoms with Gasteiger partial charge in [-0.15, -0.1) is 0 Å². The van der Waals surface area contributed by atoms with Crippen molar-refractivity contribution in [3.63, 3.8) is 0 Å². The van der Waals surface area contributed by atoms with E-state index >= 15 is 0 Å². The topological polar surface area (TPSA) is 84.0 Å². The highest BCUT2D eigenvalue weighted by molar-refractivity contribution is 6.33. The first kappa shape index (κ1) is 14.5. The smallest absolute Gasteiger partial charge is 0.270 e. The molecule has 112 valence electrons. The summed E-state index contributed by atoms with van der Waals surface area (Å²) in [4.78, 5) is 32.1. The van der Waals surface area contributed by atoms with E-state index in [4.69, 9.17) is 11.6 Å². The van der Waals surface area contributed by atoms with Crippen LogP contribution < -0.4 is 10.6 Å². The molecule has 1 fully saturated rings. The van der Waals surface area contributed by atoms with Crippen LogP contribution in [0.25, 0.3) is 0 Å². The molecule has 0 spiro atoms. The van der Waals surface area contributed by atoms with Crippen LogP contribution in [-0.4, -0.2) is 27.8 Å². The Bertz CT molecular complexity index is 731. The number of rotatable bonds is 4. The Kier molecular flexibility index (Phi) is 4.02. The van der Waals surface area contributed by atoms with Gasteiger partial charge in [0.25, 0.3) is 11.8 Å². The molecule has 2 aromatic heterocycles. The molecule has 2 N–H and O–H groups in total. The van der Waals surface area contributed by atoms with E-state index in [1.54, 1.807) is 6.07 Å². The first-order valence-electron chi connectivity index (χ1n) is 6.81. The monoisotopic (exact) mass is 316 g/mol. The summed E-state index contributed by atoms with van der Waals surface area (Å²) in [6.45, 7) is 0. The molecule has 22 heavy (non-hydrogen) atoms. The SMILES string of the molecule is O=C(Nc1cnccc1Cl)c1ccnc(C(=O)NC2CC2)c1. The first-order valence-corrected chi connectivity index (χ1v) is 7.19. The highest BCUT2D eigenvalue weighted by Gasteiger charge is 2.24. The summed E-state index contributed by atoms with van der Waals surface area (Å²) in [6, 6.07) is 4.81. The van der Waals surface area contributed by atoms with Gasteiger partial charge in [0, 0.05) is 24.0 Å². The molecule has 1 aliphatic rings. The standard InChI is InChI=1S/C15H13ClN4O2/c16-11-4-5-17-8-13(11)20-14(21)9-3-6-18-12(7-9)15(22)19-10-1-2-10/h3-8,10H,1-2H2,(H,19,22)(H,20,21). The lowest BCUT2D eigenvalue weighted by molar-refractivity contribution is 0.0946. The lowest BCUT2D eigenvalue weighted by atomic mass is 10.2. The van der Waals surface area contributed by atoms with Crippen molar-refractivity contribution in [2.24, 2.45) is 0 Å². The predicted octanol–water partition coefficient (Wildman–Crippen LogP) is 2.27. The van der Waals surface area contributed by atoms with Crippen molar-refractivity contribution in [3.8, 4) is 0 Å². The van der Waals surface area contributed by atoms with Gasteiger partial charge in [0.15, 0.2) is 0 Å². The second-order valence-electron chi connectivity index (χ2n) is 4.99. The van der Waals surface area contributed by atoms with E-state index in [0.717, 1.165) is 12.8 Å². The van der Waals surface area contributed by atoms with Crippen LogP contribution >= 0.6 is 11.6 Å². The average Bonchev–Trinajstić information content (AvgIpc) is 3.33. The van der Waals surface area contributed by atoms with Crippen molar-refractivity contribution in [2.75, 3.05) is 5.32 Å². The number of carbonyl (C=O) groups is 2. The molecule has 7 heteroatoms. The molecule has 1 aliphatic carbocycles. The number of nitrogens with one attached hydrogen (secondary N) is 2. The molecule has 0 aliphatic heterocycles. The Labute approximate surface area is 131 Å². The van der Waals surface area contributed by atoms with E-state index in [0.29, 0.717) is 16.3 Å². The summed E-state index contributed by atoms with van der Waals surface area (Å²) >= 11 is 5.97. The second kappa shape index (κ2) is 6.11. The first-order chi connectivity index (χ1) is 10.6. The summed E-state index contributed by atoms with van der Waals surface area (Å²) in [5, 5.41) is 5.88. The van der Waals surface area contributed by atoms with E-state index in [1.165, 1.54) is 30.7 Å². The fraction of sp³-hybridized carbons (Fsp3) is 0.200. The van der Waals surface area contributed by atoms with Gasteiger partial charge in [-0.2, -0.15) is 0 Å². The van der Waals surface area contributed by atoms with Crippen LogP contribution in [0.2, 0.25) is 5.02 Å². The highest BCUT2D eigenvalue weighted by atomic mass is 35.5. The van der Waals surface area contributed by atoms with Gasteiger partial charge in [0.2, 0.25) is 0 Å². The molecule has 2 aromatic rings. The number of hydrogen-bond donors (Lipinski definition) is 2. The number of aromatic nitrogens is 2. The molecule has 2 heterocycles. The summed E-state index contributed by atoms with van der Waals surface area (Å²) in [5.74, 6) is -0.644. The van der Waals surface area contributed by atoms with Crippen LogP contribution in [0.4, 0.5) is 5.69 Å². The fourth-order valence-corrected chi connectivity index (χ4v) is 2.00. The zero-order valence-corrected chi connectivity index (χ0v) is 12.3. The number of nitrogens with zero attached hydrogens (tertiary/aromatic N) is 2. The van der Waals surface area contributed by atoms with E-state index in [2.05, 4.69) is 20.6 Å². The third kappa shape index (κ3) is 3.40. The molecule has 0 radical (unpaired) electrons. The van der Waals surface area contributed by atoms with Gasteiger partial charge < -0.3 is 10.6 Å². The lowest BCUT2D eigenvalue weighted by Gasteiger charge is -2.07. The minimum atomic E-state index is -0.377. The maximum Gasteiger partial charge on any atom is 0.270 e. The molecule has 2 amide bonds. The normalized spacial score (nSPS) is 13.5.